The maximum Gasteiger partial charge on any atom is 0.255 e. The van der Waals surface area contributed by atoms with E-state index in [1.807, 2.05) is 6.07 Å². The van der Waals surface area contributed by atoms with E-state index in [9.17, 15) is 4.79 Å². The molecular formula is C15H9BrN4O. The van der Waals surface area contributed by atoms with Gasteiger partial charge in [0.2, 0.25) is 0 Å². The second kappa shape index (κ2) is 5.38. The Kier molecular flexibility index (Phi) is 3.42. The Balaban J connectivity index is 1.87. The van der Waals surface area contributed by atoms with Crippen molar-refractivity contribution in [2.24, 2.45) is 0 Å². The van der Waals surface area contributed by atoms with Gasteiger partial charge in [0, 0.05) is 10.0 Å². The molecule has 6 heteroatoms. The normalized spacial score (nSPS) is 10.3. The number of benzene rings is 2. The summed E-state index contributed by atoms with van der Waals surface area (Å²) in [4.78, 5) is 19.3. The molecule has 2 aromatic carbocycles. The van der Waals surface area contributed by atoms with Crippen molar-refractivity contribution in [2.45, 2.75) is 0 Å². The maximum atomic E-state index is 12.3. The van der Waals surface area contributed by atoms with E-state index in [0.29, 0.717) is 21.3 Å². The number of hydrogen-bond acceptors (Lipinski definition) is 3. The van der Waals surface area contributed by atoms with Gasteiger partial charge in [-0.2, -0.15) is 5.26 Å². The molecule has 1 aromatic heterocycles. The number of nitriles is 1. The summed E-state index contributed by atoms with van der Waals surface area (Å²) in [7, 11) is 0. The fraction of sp³-hybridized carbons (Fsp3) is 0. The fourth-order valence-electron chi connectivity index (χ4n) is 1.96. The first-order valence-electron chi connectivity index (χ1n) is 6.11. The highest BCUT2D eigenvalue weighted by Gasteiger charge is 2.10. The third-order valence-corrected chi connectivity index (χ3v) is 3.68. The predicted molar refractivity (Wildman–Crippen MR) is 82.9 cm³/mol. The van der Waals surface area contributed by atoms with Gasteiger partial charge < -0.3 is 10.3 Å². The van der Waals surface area contributed by atoms with E-state index in [1.165, 1.54) is 0 Å². The van der Waals surface area contributed by atoms with Crippen LogP contribution in [0.5, 0.6) is 0 Å². The SMILES string of the molecule is N#Cc1ccc(NC(=O)c2ccc3nc[nH]c3c2)c(Br)c1. The highest BCUT2D eigenvalue weighted by Crippen LogP contribution is 2.24. The first kappa shape index (κ1) is 13.3. The lowest BCUT2D eigenvalue weighted by molar-refractivity contribution is 0.102. The number of carbonyl (C=O) groups is 1. The van der Waals surface area contributed by atoms with Gasteiger partial charge in [0.1, 0.15) is 0 Å². The van der Waals surface area contributed by atoms with Crippen molar-refractivity contribution in [3.05, 3.63) is 58.3 Å². The summed E-state index contributed by atoms with van der Waals surface area (Å²) in [6.07, 6.45) is 1.59. The largest absolute Gasteiger partial charge is 0.345 e. The maximum absolute atomic E-state index is 12.3. The Hall–Kier alpha value is -2.65. The van der Waals surface area contributed by atoms with Crippen LogP contribution in [0, 0.1) is 11.3 Å². The van der Waals surface area contributed by atoms with Gasteiger partial charge in [0.15, 0.2) is 0 Å². The van der Waals surface area contributed by atoms with Gasteiger partial charge >= 0.3 is 0 Å². The number of aromatic amines is 1. The average molecular weight is 341 g/mol. The van der Waals surface area contributed by atoms with Gasteiger partial charge in [-0.1, -0.05) is 0 Å². The summed E-state index contributed by atoms with van der Waals surface area (Å²) in [6, 6.07) is 12.3. The molecule has 0 unspecified atom stereocenters. The minimum Gasteiger partial charge on any atom is -0.345 e. The molecule has 3 rings (SSSR count). The Morgan fingerprint density at radius 2 is 2.14 bits per heavy atom. The molecular weight excluding hydrogens is 332 g/mol. The molecule has 0 saturated heterocycles. The highest BCUT2D eigenvalue weighted by atomic mass is 79.9. The van der Waals surface area contributed by atoms with Crippen LogP contribution in [-0.4, -0.2) is 15.9 Å². The molecule has 0 aliphatic heterocycles. The van der Waals surface area contributed by atoms with Crippen molar-refractivity contribution in [1.29, 1.82) is 5.26 Å². The molecule has 102 valence electrons. The van der Waals surface area contributed by atoms with E-state index in [4.69, 9.17) is 5.26 Å². The van der Waals surface area contributed by atoms with Gasteiger partial charge in [-0.05, 0) is 52.3 Å². The van der Waals surface area contributed by atoms with Crippen molar-refractivity contribution >= 4 is 38.6 Å². The van der Waals surface area contributed by atoms with Gasteiger partial charge in [-0.3, -0.25) is 4.79 Å². The Morgan fingerprint density at radius 1 is 1.29 bits per heavy atom. The number of carbonyl (C=O) groups excluding carboxylic acids is 1. The standard InChI is InChI=1S/C15H9BrN4O/c16-11-5-9(7-17)1-3-12(11)20-15(21)10-2-4-13-14(6-10)19-8-18-13/h1-6,8H,(H,18,19)(H,20,21). The first-order valence-corrected chi connectivity index (χ1v) is 6.91. The van der Waals surface area contributed by atoms with Crippen LogP contribution in [0.2, 0.25) is 0 Å². The molecule has 1 amide bonds. The molecule has 0 atom stereocenters. The van der Waals surface area contributed by atoms with Crippen molar-refractivity contribution < 1.29 is 4.79 Å². The van der Waals surface area contributed by atoms with Gasteiger partial charge in [0.25, 0.3) is 5.91 Å². The summed E-state index contributed by atoms with van der Waals surface area (Å²) in [5.74, 6) is -0.225. The van der Waals surface area contributed by atoms with Crippen molar-refractivity contribution in [3.8, 4) is 6.07 Å². The lowest BCUT2D eigenvalue weighted by Gasteiger charge is -2.07. The number of rotatable bonds is 2. The molecule has 0 fully saturated rings. The summed E-state index contributed by atoms with van der Waals surface area (Å²) in [6.45, 7) is 0. The molecule has 0 spiro atoms. The summed E-state index contributed by atoms with van der Waals surface area (Å²) >= 11 is 3.34. The molecule has 0 bridgehead atoms. The number of H-pyrrole nitrogens is 1. The lowest BCUT2D eigenvalue weighted by atomic mass is 10.1. The number of halogens is 1. The molecule has 5 nitrogen and oxygen atoms in total. The van der Waals surface area contributed by atoms with E-state index in [1.54, 1.807) is 42.7 Å². The topological polar surface area (TPSA) is 81.6 Å². The zero-order valence-corrected chi connectivity index (χ0v) is 12.3. The van der Waals surface area contributed by atoms with E-state index >= 15 is 0 Å². The van der Waals surface area contributed by atoms with Gasteiger partial charge in [-0.25, -0.2) is 4.98 Å². The summed E-state index contributed by atoms with van der Waals surface area (Å²) in [5.41, 5.74) is 3.29. The second-order valence-corrected chi connectivity index (χ2v) is 5.25. The number of aromatic nitrogens is 2. The van der Waals surface area contributed by atoms with Crippen LogP contribution in [-0.2, 0) is 0 Å². The molecule has 0 saturated carbocycles. The summed E-state index contributed by atoms with van der Waals surface area (Å²) < 4.78 is 0.664. The predicted octanol–water partition coefficient (Wildman–Crippen LogP) is 3.45. The lowest BCUT2D eigenvalue weighted by Crippen LogP contribution is -2.12. The van der Waals surface area contributed by atoms with Crippen molar-refractivity contribution in [2.75, 3.05) is 5.32 Å². The second-order valence-electron chi connectivity index (χ2n) is 4.40. The van der Waals surface area contributed by atoms with E-state index in [-0.39, 0.29) is 5.91 Å². The average Bonchev–Trinajstić information content (AvgIpc) is 2.96. The number of nitrogens with zero attached hydrogens (tertiary/aromatic N) is 2. The minimum absolute atomic E-state index is 0.225. The zero-order chi connectivity index (χ0) is 14.8. The molecule has 0 aliphatic rings. The van der Waals surface area contributed by atoms with E-state index in [0.717, 1.165) is 11.0 Å². The third-order valence-electron chi connectivity index (χ3n) is 3.03. The molecule has 1 heterocycles. The van der Waals surface area contributed by atoms with Gasteiger partial charge in [-0.15, -0.1) is 0 Å². The molecule has 2 N–H and O–H groups in total. The van der Waals surface area contributed by atoms with Crippen LogP contribution in [0.1, 0.15) is 15.9 Å². The van der Waals surface area contributed by atoms with Crippen molar-refractivity contribution in [1.82, 2.24) is 9.97 Å². The van der Waals surface area contributed by atoms with Gasteiger partial charge in [0.05, 0.1) is 34.7 Å². The smallest absolute Gasteiger partial charge is 0.255 e. The number of nitrogens with one attached hydrogen (secondary N) is 2. The monoisotopic (exact) mass is 340 g/mol. The van der Waals surface area contributed by atoms with Crippen LogP contribution < -0.4 is 5.32 Å². The Morgan fingerprint density at radius 3 is 2.90 bits per heavy atom. The number of fused-ring (bicyclic) bond motifs is 1. The third kappa shape index (κ3) is 2.64. The van der Waals surface area contributed by atoms with E-state index in [2.05, 4.69) is 31.2 Å². The molecule has 21 heavy (non-hydrogen) atoms. The van der Waals surface area contributed by atoms with Crippen LogP contribution in [0.25, 0.3) is 11.0 Å². The van der Waals surface area contributed by atoms with Crippen molar-refractivity contribution in [3.63, 3.8) is 0 Å². The quantitative estimate of drug-likeness (QED) is 0.749. The highest BCUT2D eigenvalue weighted by molar-refractivity contribution is 9.10. The molecule has 0 aliphatic carbocycles. The minimum atomic E-state index is -0.225. The van der Waals surface area contributed by atoms with Crippen LogP contribution in [0.4, 0.5) is 5.69 Å². The first-order chi connectivity index (χ1) is 10.2. The van der Waals surface area contributed by atoms with Crippen LogP contribution >= 0.6 is 15.9 Å². The molecule has 3 aromatic rings. The number of anilines is 1. The molecule has 0 radical (unpaired) electrons. The Labute approximate surface area is 128 Å². The van der Waals surface area contributed by atoms with Crippen LogP contribution in [0.15, 0.2) is 47.2 Å². The number of amides is 1. The van der Waals surface area contributed by atoms with E-state index < -0.39 is 0 Å². The number of imidazole rings is 1. The fourth-order valence-corrected chi connectivity index (χ4v) is 2.44. The summed E-state index contributed by atoms with van der Waals surface area (Å²) in [5, 5.41) is 11.6. The number of hydrogen-bond donors (Lipinski definition) is 2. The zero-order valence-electron chi connectivity index (χ0n) is 10.7. The van der Waals surface area contributed by atoms with Crippen LogP contribution in [0.3, 0.4) is 0 Å². The Bertz CT molecular complexity index is 879.